The summed E-state index contributed by atoms with van der Waals surface area (Å²) in [6.45, 7) is 7.34. The van der Waals surface area contributed by atoms with Crippen LogP contribution in [0, 0.1) is 0 Å². The lowest BCUT2D eigenvalue weighted by atomic mass is 10.2. The van der Waals surface area contributed by atoms with Crippen LogP contribution in [0.3, 0.4) is 0 Å². The summed E-state index contributed by atoms with van der Waals surface area (Å²) < 4.78 is 40.8. The van der Waals surface area contributed by atoms with Crippen LogP contribution < -0.4 is 10.6 Å². The molecule has 0 unspecified atom stereocenters. The van der Waals surface area contributed by atoms with Crippen LogP contribution in [-0.4, -0.2) is 35.1 Å². The number of carbonyl (C=O) groups excluding carboxylic acids is 1. The average Bonchev–Trinajstić information content (AvgIpc) is 2.93. The second kappa shape index (κ2) is 10.7. The molecule has 2 N–H and O–H groups in total. The van der Waals surface area contributed by atoms with Gasteiger partial charge in [0.25, 0.3) is 5.91 Å². The molecule has 0 spiro atoms. The van der Waals surface area contributed by atoms with Gasteiger partial charge in [-0.15, -0.1) is 24.8 Å². The maximum Gasteiger partial charge on any atom is 0.449 e. The quantitative estimate of drug-likeness (QED) is 0.649. The van der Waals surface area contributed by atoms with Crippen molar-refractivity contribution in [1.29, 1.82) is 0 Å². The van der Waals surface area contributed by atoms with Crippen LogP contribution in [0.2, 0.25) is 0 Å². The van der Waals surface area contributed by atoms with Crippen LogP contribution >= 0.6 is 24.8 Å². The van der Waals surface area contributed by atoms with Crippen LogP contribution in [0.5, 0.6) is 0 Å². The summed E-state index contributed by atoms with van der Waals surface area (Å²) in [5.74, 6) is -1.27. The Morgan fingerprint density at radius 1 is 1.19 bits per heavy atom. The number of fused-ring (bicyclic) bond motifs is 1. The van der Waals surface area contributed by atoms with Crippen molar-refractivity contribution < 1.29 is 18.0 Å². The number of halogens is 5. The number of hydrogen-bond donors (Lipinski definition) is 2. The number of aromatic nitrogens is 2. The number of alkyl halides is 3. The Labute approximate surface area is 168 Å². The van der Waals surface area contributed by atoms with Crippen molar-refractivity contribution in [3.05, 3.63) is 29.6 Å². The molecule has 2 aromatic rings. The minimum absolute atomic E-state index is 0. The zero-order valence-corrected chi connectivity index (χ0v) is 17.0. The molecule has 10 heteroatoms. The van der Waals surface area contributed by atoms with Gasteiger partial charge in [0.2, 0.25) is 5.82 Å². The fraction of sp³-hybridized carbons (Fsp3) is 0.529. The van der Waals surface area contributed by atoms with Gasteiger partial charge in [-0.25, -0.2) is 4.98 Å². The van der Waals surface area contributed by atoms with Gasteiger partial charge in [-0.05, 0) is 45.0 Å². The van der Waals surface area contributed by atoms with Gasteiger partial charge in [0, 0.05) is 24.7 Å². The van der Waals surface area contributed by atoms with Gasteiger partial charge >= 0.3 is 6.18 Å². The number of imidazole rings is 1. The lowest BCUT2D eigenvalue weighted by Gasteiger charge is -2.14. The van der Waals surface area contributed by atoms with Gasteiger partial charge in [-0.3, -0.25) is 4.79 Å². The number of nitrogens with zero attached hydrogens (tertiary/aromatic N) is 2. The molecule has 0 saturated heterocycles. The first kappa shape index (κ1) is 25.5. The highest BCUT2D eigenvalue weighted by molar-refractivity contribution is 5.97. The molecule has 0 fully saturated rings. The summed E-state index contributed by atoms with van der Waals surface area (Å²) in [7, 11) is 0. The van der Waals surface area contributed by atoms with Gasteiger partial charge < -0.3 is 15.2 Å². The maximum atomic E-state index is 13.2. The summed E-state index contributed by atoms with van der Waals surface area (Å²) in [5.41, 5.74) is 0.825. The van der Waals surface area contributed by atoms with E-state index >= 15 is 0 Å². The highest BCUT2D eigenvalue weighted by Gasteiger charge is 2.38. The molecular formula is C17H25Cl2F3N4O. The van der Waals surface area contributed by atoms with Gasteiger partial charge in [-0.1, -0.05) is 6.92 Å². The highest BCUT2D eigenvalue weighted by atomic mass is 35.5. The number of amides is 1. The van der Waals surface area contributed by atoms with E-state index in [1.807, 2.05) is 6.92 Å². The van der Waals surface area contributed by atoms with E-state index < -0.39 is 18.0 Å². The zero-order chi connectivity index (χ0) is 18.6. The largest absolute Gasteiger partial charge is 0.449 e. The molecule has 154 valence electrons. The highest BCUT2D eigenvalue weighted by Crippen LogP contribution is 2.33. The summed E-state index contributed by atoms with van der Waals surface area (Å²) in [6, 6.07) is 4.05. The third-order valence-corrected chi connectivity index (χ3v) is 3.74. The Kier molecular flexibility index (Phi) is 10.1. The molecule has 0 aliphatic carbocycles. The fourth-order valence-corrected chi connectivity index (χ4v) is 2.63. The second-order valence-electron chi connectivity index (χ2n) is 6.11. The number of hydrogen-bond acceptors (Lipinski definition) is 3. The third-order valence-electron chi connectivity index (χ3n) is 3.74. The van der Waals surface area contributed by atoms with Gasteiger partial charge in [0.1, 0.15) is 0 Å². The first-order valence-corrected chi connectivity index (χ1v) is 8.33. The topological polar surface area (TPSA) is 58.9 Å². The molecule has 27 heavy (non-hydrogen) atoms. The van der Waals surface area contributed by atoms with Gasteiger partial charge in [0.15, 0.2) is 0 Å². The molecule has 1 amide bonds. The van der Waals surface area contributed by atoms with Crippen LogP contribution in [0.15, 0.2) is 18.2 Å². The fourth-order valence-electron chi connectivity index (χ4n) is 2.63. The molecule has 0 saturated carbocycles. The molecule has 0 aliphatic rings. The number of carbonyl (C=O) groups is 1. The lowest BCUT2D eigenvalue weighted by Crippen LogP contribution is -2.32. The summed E-state index contributed by atoms with van der Waals surface area (Å²) in [4.78, 5) is 15.9. The van der Waals surface area contributed by atoms with E-state index in [-0.39, 0.29) is 36.2 Å². The van der Waals surface area contributed by atoms with E-state index in [1.54, 1.807) is 13.8 Å². The Balaban J connectivity index is 0.00000338. The first-order chi connectivity index (χ1) is 11.8. The normalized spacial score (nSPS) is 11.2. The van der Waals surface area contributed by atoms with E-state index in [1.165, 1.54) is 18.2 Å². The second-order valence-corrected chi connectivity index (χ2v) is 6.11. The summed E-state index contributed by atoms with van der Waals surface area (Å²) in [6.07, 6.45) is -3.54. The number of rotatable bonds is 7. The molecule has 1 aromatic heterocycles. The number of benzene rings is 1. The van der Waals surface area contributed by atoms with Gasteiger partial charge in [-0.2, -0.15) is 13.2 Å². The van der Waals surface area contributed by atoms with E-state index in [0.29, 0.717) is 24.2 Å². The van der Waals surface area contributed by atoms with Crippen molar-refractivity contribution in [1.82, 2.24) is 20.2 Å². The monoisotopic (exact) mass is 428 g/mol. The van der Waals surface area contributed by atoms with Crippen molar-refractivity contribution in [3.63, 3.8) is 0 Å². The minimum atomic E-state index is -4.54. The third kappa shape index (κ3) is 6.26. The predicted molar refractivity (Wildman–Crippen MR) is 105 cm³/mol. The maximum absolute atomic E-state index is 13.2. The van der Waals surface area contributed by atoms with Gasteiger partial charge in [0.05, 0.1) is 11.0 Å². The average molecular weight is 429 g/mol. The Bertz CT molecular complexity index is 748. The van der Waals surface area contributed by atoms with E-state index in [0.717, 1.165) is 17.5 Å². The predicted octanol–water partition coefficient (Wildman–Crippen LogP) is 4.21. The molecule has 1 heterocycles. The zero-order valence-electron chi connectivity index (χ0n) is 15.4. The van der Waals surface area contributed by atoms with Crippen LogP contribution in [0.25, 0.3) is 11.0 Å². The smallest absolute Gasteiger partial charge is 0.351 e. The van der Waals surface area contributed by atoms with Crippen molar-refractivity contribution in [3.8, 4) is 0 Å². The van der Waals surface area contributed by atoms with E-state index in [2.05, 4.69) is 15.6 Å². The van der Waals surface area contributed by atoms with Crippen molar-refractivity contribution in [2.24, 2.45) is 0 Å². The summed E-state index contributed by atoms with van der Waals surface area (Å²) in [5, 5.41) is 5.89. The van der Waals surface area contributed by atoms with Crippen molar-refractivity contribution in [2.75, 3.05) is 19.6 Å². The molecule has 0 aliphatic heterocycles. The molecule has 0 radical (unpaired) electrons. The van der Waals surface area contributed by atoms with Crippen LogP contribution in [-0.2, 0) is 6.18 Å². The summed E-state index contributed by atoms with van der Waals surface area (Å²) >= 11 is 0. The molecule has 2 rings (SSSR count). The Morgan fingerprint density at radius 2 is 1.85 bits per heavy atom. The number of nitrogens with one attached hydrogen (secondary N) is 2. The van der Waals surface area contributed by atoms with Crippen LogP contribution in [0.4, 0.5) is 13.2 Å². The van der Waals surface area contributed by atoms with E-state index in [4.69, 9.17) is 0 Å². The molecule has 5 nitrogen and oxygen atoms in total. The SMILES string of the molecule is CCCNCCNC(=O)c1ccc2c(c1)nc(C(F)(F)F)n2C(C)C.Cl.Cl. The molecular weight excluding hydrogens is 404 g/mol. The first-order valence-electron chi connectivity index (χ1n) is 8.33. The van der Waals surface area contributed by atoms with E-state index in [9.17, 15) is 18.0 Å². The lowest BCUT2D eigenvalue weighted by molar-refractivity contribution is -0.147. The van der Waals surface area contributed by atoms with Crippen LogP contribution in [0.1, 0.15) is 49.4 Å². The minimum Gasteiger partial charge on any atom is -0.351 e. The van der Waals surface area contributed by atoms with Crippen molar-refractivity contribution >= 4 is 41.8 Å². The molecule has 0 bridgehead atoms. The molecule has 0 atom stereocenters. The Morgan fingerprint density at radius 3 is 2.41 bits per heavy atom. The molecule has 1 aromatic carbocycles. The standard InChI is InChI=1S/C17H23F3N4O.2ClH/c1-4-7-21-8-9-22-15(25)12-5-6-14-13(10-12)23-16(17(18,19)20)24(14)11(2)3;;/h5-6,10-11,21H,4,7-9H2,1-3H3,(H,22,25);2*1H. The Hall–Kier alpha value is -1.51. The van der Waals surface area contributed by atoms with Crippen molar-refractivity contribution in [2.45, 2.75) is 39.4 Å².